The molecule has 190 valence electrons. The van der Waals surface area contributed by atoms with E-state index < -0.39 is 35.9 Å². The van der Waals surface area contributed by atoms with Crippen molar-refractivity contribution in [2.24, 2.45) is 0 Å². The van der Waals surface area contributed by atoms with E-state index >= 15 is 0 Å². The molecule has 36 heavy (non-hydrogen) atoms. The van der Waals surface area contributed by atoms with Crippen molar-refractivity contribution < 1.29 is 34.0 Å². The van der Waals surface area contributed by atoms with Crippen molar-refractivity contribution in [1.82, 2.24) is 4.90 Å². The lowest BCUT2D eigenvalue weighted by molar-refractivity contribution is -0.0437. The number of carbonyl (C=O) groups is 1. The Labute approximate surface area is 208 Å². The largest absolute Gasteiger partial charge is 0.465 e. The molecule has 0 aliphatic carbocycles. The SMILES string of the molecule is Cc1cc(-c2c(C)cccc2CO)ccc1[C@H]1CN(C(=O)O)CC[C@]1(O)c1cc(F)c(F)cc1CO. The zero-order valence-corrected chi connectivity index (χ0v) is 20.1. The van der Waals surface area contributed by atoms with Gasteiger partial charge in [-0.2, -0.15) is 0 Å². The van der Waals surface area contributed by atoms with Gasteiger partial charge in [0.1, 0.15) is 5.60 Å². The second-order valence-electron chi connectivity index (χ2n) is 9.38. The molecule has 0 unspecified atom stereocenters. The van der Waals surface area contributed by atoms with Gasteiger partial charge < -0.3 is 25.3 Å². The quantitative estimate of drug-likeness (QED) is 0.413. The second-order valence-corrected chi connectivity index (χ2v) is 9.38. The highest BCUT2D eigenvalue weighted by Crippen LogP contribution is 2.46. The summed E-state index contributed by atoms with van der Waals surface area (Å²) in [5, 5.41) is 41.3. The summed E-state index contributed by atoms with van der Waals surface area (Å²) in [6, 6.07) is 13.0. The number of rotatable bonds is 5. The van der Waals surface area contributed by atoms with Gasteiger partial charge in [-0.25, -0.2) is 13.6 Å². The van der Waals surface area contributed by atoms with Crippen LogP contribution in [0.4, 0.5) is 13.6 Å². The van der Waals surface area contributed by atoms with Gasteiger partial charge >= 0.3 is 6.09 Å². The fourth-order valence-electron chi connectivity index (χ4n) is 5.41. The van der Waals surface area contributed by atoms with Gasteiger partial charge in [0.25, 0.3) is 0 Å². The molecule has 3 aromatic carbocycles. The van der Waals surface area contributed by atoms with E-state index in [-0.39, 0.29) is 37.2 Å². The summed E-state index contributed by atoms with van der Waals surface area (Å²) in [6.07, 6.45) is -1.20. The Morgan fingerprint density at radius 3 is 2.33 bits per heavy atom. The van der Waals surface area contributed by atoms with Gasteiger partial charge in [-0.3, -0.25) is 0 Å². The van der Waals surface area contributed by atoms with Crippen LogP contribution in [0.5, 0.6) is 0 Å². The highest BCUT2D eigenvalue weighted by Gasteiger charge is 2.46. The smallest absolute Gasteiger partial charge is 0.407 e. The Bertz CT molecular complexity index is 1310. The number of hydrogen-bond acceptors (Lipinski definition) is 4. The Morgan fingerprint density at radius 2 is 1.69 bits per heavy atom. The van der Waals surface area contributed by atoms with Crippen LogP contribution in [-0.2, 0) is 18.8 Å². The first-order valence-electron chi connectivity index (χ1n) is 11.7. The van der Waals surface area contributed by atoms with E-state index in [1.807, 2.05) is 44.2 Å². The third-order valence-corrected chi connectivity index (χ3v) is 7.26. The molecule has 6 nitrogen and oxygen atoms in total. The Morgan fingerprint density at radius 1 is 1.00 bits per heavy atom. The number of amides is 1. The van der Waals surface area contributed by atoms with Gasteiger partial charge in [-0.1, -0.05) is 36.4 Å². The number of aryl methyl sites for hydroxylation is 2. The van der Waals surface area contributed by atoms with Crippen LogP contribution in [0.1, 0.15) is 45.7 Å². The number of likely N-dealkylation sites (tertiary alicyclic amines) is 1. The molecule has 0 radical (unpaired) electrons. The summed E-state index contributed by atoms with van der Waals surface area (Å²) in [4.78, 5) is 13.0. The molecule has 0 saturated carbocycles. The number of benzene rings is 3. The number of hydrogen-bond donors (Lipinski definition) is 4. The Balaban J connectivity index is 1.86. The van der Waals surface area contributed by atoms with Crippen molar-refractivity contribution in [2.75, 3.05) is 13.1 Å². The highest BCUT2D eigenvalue weighted by molar-refractivity contribution is 5.72. The van der Waals surface area contributed by atoms with Crippen LogP contribution in [0.25, 0.3) is 11.1 Å². The number of carboxylic acid groups (broad SMARTS) is 1. The van der Waals surface area contributed by atoms with E-state index in [2.05, 4.69) is 0 Å². The molecule has 3 aromatic rings. The Kier molecular flexibility index (Phi) is 7.13. The minimum Gasteiger partial charge on any atom is -0.465 e. The van der Waals surface area contributed by atoms with Gasteiger partial charge in [-0.15, -0.1) is 0 Å². The first-order chi connectivity index (χ1) is 17.1. The number of piperidine rings is 1. The summed E-state index contributed by atoms with van der Waals surface area (Å²) < 4.78 is 28.2. The topological polar surface area (TPSA) is 101 Å². The first kappa shape index (κ1) is 25.8. The predicted octanol–water partition coefficient (Wildman–Crippen LogP) is 4.59. The third kappa shape index (κ3) is 4.48. The lowest BCUT2D eigenvalue weighted by Gasteiger charge is -2.45. The lowest BCUT2D eigenvalue weighted by Crippen LogP contribution is -2.50. The van der Waals surface area contributed by atoms with Crippen molar-refractivity contribution >= 4 is 6.09 Å². The average Bonchev–Trinajstić information content (AvgIpc) is 2.85. The number of aliphatic hydroxyl groups is 3. The third-order valence-electron chi connectivity index (χ3n) is 7.26. The fraction of sp³-hybridized carbons (Fsp3) is 0.321. The summed E-state index contributed by atoms with van der Waals surface area (Å²) >= 11 is 0. The molecule has 0 bridgehead atoms. The molecule has 8 heteroatoms. The molecule has 1 heterocycles. The summed E-state index contributed by atoms with van der Waals surface area (Å²) in [7, 11) is 0. The van der Waals surface area contributed by atoms with Crippen molar-refractivity contribution in [3.05, 3.63) is 93.5 Å². The van der Waals surface area contributed by atoms with E-state index in [4.69, 9.17) is 0 Å². The molecular formula is C28H29F2NO5. The van der Waals surface area contributed by atoms with Gasteiger partial charge in [0.05, 0.1) is 13.2 Å². The van der Waals surface area contributed by atoms with Gasteiger partial charge in [0.2, 0.25) is 0 Å². The predicted molar refractivity (Wildman–Crippen MR) is 130 cm³/mol. The van der Waals surface area contributed by atoms with E-state index in [0.29, 0.717) is 5.56 Å². The van der Waals surface area contributed by atoms with E-state index in [1.165, 1.54) is 4.90 Å². The van der Waals surface area contributed by atoms with Gasteiger partial charge in [0.15, 0.2) is 11.6 Å². The van der Waals surface area contributed by atoms with Crippen LogP contribution in [0.15, 0.2) is 48.5 Å². The van der Waals surface area contributed by atoms with Crippen molar-refractivity contribution in [3.63, 3.8) is 0 Å². The zero-order valence-electron chi connectivity index (χ0n) is 20.1. The minimum absolute atomic E-state index is 0.00754. The molecule has 1 saturated heterocycles. The molecule has 4 rings (SSSR count). The summed E-state index contributed by atoms with van der Waals surface area (Å²) in [6.45, 7) is 2.97. The fourth-order valence-corrected chi connectivity index (χ4v) is 5.41. The van der Waals surface area contributed by atoms with Crippen LogP contribution in [0.3, 0.4) is 0 Å². The van der Waals surface area contributed by atoms with Gasteiger partial charge in [0, 0.05) is 19.0 Å². The van der Waals surface area contributed by atoms with E-state index in [0.717, 1.165) is 39.9 Å². The summed E-state index contributed by atoms with van der Waals surface area (Å²) in [5.41, 5.74) is 3.26. The first-order valence-corrected chi connectivity index (χ1v) is 11.7. The maximum atomic E-state index is 14.3. The molecule has 1 fully saturated rings. The van der Waals surface area contributed by atoms with Crippen LogP contribution in [0.2, 0.25) is 0 Å². The molecule has 4 N–H and O–H groups in total. The molecule has 0 aromatic heterocycles. The molecule has 1 aliphatic heterocycles. The monoisotopic (exact) mass is 497 g/mol. The van der Waals surface area contributed by atoms with Crippen LogP contribution >= 0.6 is 0 Å². The Hall–Kier alpha value is -3.33. The minimum atomic E-state index is -1.75. The molecule has 2 atom stereocenters. The number of halogens is 2. The van der Waals surface area contributed by atoms with Crippen molar-refractivity contribution in [3.8, 4) is 11.1 Å². The zero-order chi connectivity index (χ0) is 26.2. The van der Waals surface area contributed by atoms with E-state index in [1.54, 1.807) is 6.07 Å². The molecular weight excluding hydrogens is 468 g/mol. The highest BCUT2D eigenvalue weighted by atomic mass is 19.2. The number of nitrogens with zero attached hydrogens (tertiary/aromatic N) is 1. The van der Waals surface area contributed by atoms with E-state index in [9.17, 15) is 34.0 Å². The van der Waals surface area contributed by atoms with Crippen LogP contribution < -0.4 is 0 Å². The molecule has 1 aliphatic rings. The van der Waals surface area contributed by atoms with Crippen molar-refractivity contribution in [1.29, 1.82) is 0 Å². The maximum Gasteiger partial charge on any atom is 0.407 e. The lowest BCUT2D eigenvalue weighted by atomic mass is 9.70. The molecule has 0 spiro atoms. The normalized spacial score (nSPS) is 20.0. The van der Waals surface area contributed by atoms with Crippen molar-refractivity contribution in [2.45, 2.75) is 45.0 Å². The number of aliphatic hydroxyl groups excluding tert-OH is 2. The van der Waals surface area contributed by atoms with Crippen LogP contribution in [-0.4, -0.2) is 44.5 Å². The summed E-state index contributed by atoms with van der Waals surface area (Å²) in [5.74, 6) is -3.09. The maximum absolute atomic E-state index is 14.3. The van der Waals surface area contributed by atoms with Crippen LogP contribution in [0, 0.1) is 25.5 Å². The average molecular weight is 498 g/mol. The molecule has 1 amide bonds. The van der Waals surface area contributed by atoms with Gasteiger partial charge in [-0.05, 0) is 76.9 Å². The standard InChI is InChI=1S/C28H29F2NO5/c1-16-4-3-5-19(14-32)26(16)18-6-7-21(17(2)10-18)23-13-31(27(34)35)9-8-28(23,36)22-12-25(30)24(29)11-20(22)15-33/h3-7,10-12,23,32-33,36H,8-9,13-15H2,1-2H3,(H,34,35)/t23-,28+/m1/s1. The second kappa shape index (κ2) is 9.97.